The summed E-state index contributed by atoms with van der Waals surface area (Å²) < 4.78 is 27.4. The van der Waals surface area contributed by atoms with Gasteiger partial charge in [0, 0.05) is 15.9 Å². The summed E-state index contributed by atoms with van der Waals surface area (Å²) in [5.41, 5.74) is 0.375. The molecule has 0 unspecified atom stereocenters. The number of rotatable bonds is 4. The lowest BCUT2D eigenvalue weighted by atomic mass is 10.3. The number of anilines is 1. The summed E-state index contributed by atoms with van der Waals surface area (Å²) >= 11 is 9.11. The summed E-state index contributed by atoms with van der Waals surface area (Å²) in [6.07, 6.45) is 1.93. The minimum Gasteiger partial charge on any atom is -0.332 e. The van der Waals surface area contributed by atoms with Crippen LogP contribution >= 0.6 is 27.5 Å². The van der Waals surface area contributed by atoms with E-state index in [0.29, 0.717) is 27.4 Å². The van der Waals surface area contributed by atoms with Gasteiger partial charge in [-0.05, 0) is 34.1 Å². The van der Waals surface area contributed by atoms with Gasteiger partial charge in [-0.3, -0.25) is 4.72 Å². The largest absolute Gasteiger partial charge is 0.332 e. The Balaban J connectivity index is 2.33. The maximum absolute atomic E-state index is 12.1. The number of benzene rings is 1. The molecule has 1 heterocycles. The van der Waals surface area contributed by atoms with E-state index in [1.807, 2.05) is 6.92 Å². The van der Waals surface area contributed by atoms with Crippen LogP contribution < -0.4 is 4.72 Å². The lowest BCUT2D eigenvalue weighted by molar-refractivity contribution is 0.598. The average Bonchev–Trinajstić information content (AvgIpc) is 2.83. The van der Waals surface area contributed by atoms with Gasteiger partial charge in [0.25, 0.3) is 10.0 Å². The van der Waals surface area contributed by atoms with Crippen molar-refractivity contribution in [2.75, 3.05) is 4.72 Å². The summed E-state index contributed by atoms with van der Waals surface area (Å²) in [4.78, 5) is 6.72. The first-order chi connectivity index (χ1) is 8.92. The Morgan fingerprint density at radius 3 is 2.84 bits per heavy atom. The Bertz CT molecular complexity index is 700. The molecule has 0 fully saturated rings. The van der Waals surface area contributed by atoms with E-state index >= 15 is 0 Å². The zero-order chi connectivity index (χ0) is 14.0. The van der Waals surface area contributed by atoms with Crippen molar-refractivity contribution in [3.8, 4) is 0 Å². The predicted octanol–water partition coefficient (Wildman–Crippen LogP) is 3.19. The zero-order valence-electron chi connectivity index (χ0n) is 9.94. The molecular formula is C11H11BrClN3O2S. The van der Waals surface area contributed by atoms with E-state index in [2.05, 4.69) is 30.6 Å². The molecule has 0 aliphatic heterocycles. The van der Waals surface area contributed by atoms with Crippen LogP contribution in [0.3, 0.4) is 0 Å². The molecule has 0 radical (unpaired) electrons. The Hall–Kier alpha value is -1.05. The highest BCUT2D eigenvalue weighted by Gasteiger charge is 2.18. The second kappa shape index (κ2) is 5.52. The molecule has 8 heteroatoms. The maximum atomic E-state index is 12.1. The number of imidazole rings is 1. The average molecular weight is 365 g/mol. The van der Waals surface area contributed by atoms with Crippen LogP contribution in [0.25, 0.3) is 0 Å². The Kier molecular flexibility index (Phi) is 4.17. The molecule has 0 saturated carbocycles. The lowest BCUT2D eigenvalue weighted by Gasteiger charge is -2.08. The Morgan fingerprint density at radius 1 is 1.47 bits per heavy atom. The maximum Gasteiger partial charge on any atom is 0.279 e. The standard InChI is InChI=1S/C11H11BrClN3O2S/c1-2-10-14-6-11(15-10)19(17,18)16-9-5-7(13)3-4-8(9)12/h3-6,16H,2H2,1H3,(H,14,15). The summed E-state index contributed by atoms with van der Waals surface area (Å²) in [5.74, 6) is 0.616. The molecule has 19 heavy (non-hydrogen) atoms. The molecule has 0 amide bonds. The minimum absolute atomic E-state index is 0.0243. The van der Waals surface area contributed by atoms with Crippen molar-refractivity contribution < 1.29 is 8.42 Å². The number of sulfonamides is 1. The fraction of sp³-hybridized carbons (Fsp3) is 0.182. The van der Waals surface area contributed by atoms with Crippen molar-refractivity contribution in [3.63, 3.8) is 0 Å². The summed E-state index contributed by atoms with van der Waals surface area (Å²) in [6, 6.07) is 4.86. The first-order valence-corrected chi connectivity index (χ1v) is 8.09. The molecule has 1 aromatic carbocycles. The van der Waals surface area contributed by atoms with Crippen LogP contribution in [0.2, 0.25) is 5.02 Å². The van der Waals surface area contributed by atoms with E-state index in [4.69, 9.17) is 11.6 Å². The highest BCUT2D eigenvalue weighted by atomic mass is 79.9. The molecule has 1 aromatic heterocycles. The van der Waals surface area contributed by atoms with Gasteiger partial charge in [-0.15, -0.1) is 0 Å². The van der Waals surface area contributed by atoms with Crippen molar-refractivity contribution in [1.82, 2.24) is 9.97 Å². The number of H-pyrrole nitrogens is 1. The van der Waals surface area contributed by atoms with Crippen LogP contribution in [-0.2, 0) is 16.4 Å². The molecule has 5 nitrogen and oxygen atoms in total. The smallest absolute Gasteiger partial charge is 0.279 e. The van der Waals surface area contributed by atoms with Gasteiger partial charge in [-0.2, -0.15) is 8.42 Å². The fourth-order valence-corrected chi connectivity index (χ4v) is 3.10. The molecule has 0 saturated heterocycles. The molecule has 2 aromatic rings. The molecule has 0 atom stereocenters. The summed E-state index contributed by atoms with van der Waals surface area (Å²) in [5, 5.41) is 0.469. The lowest BCUT2D eigenvalue weighted by Crippen LogP contribution is -2.13. The second-order valence-electron chi connectivity index (χ2n) is 3.78. The van der Waals surface area contributed by atoms with E-state index in [0.717, 1.165) is 0 Å². The van der Waals surface area contributed by atoms with Crippen molar-refractivity contribution in [2.24, 2.45) is 0 Å². The Morgan fingerprint density at radius 2 is 2.21 bits per heavy atom. The first kappa shape index (κ1) is 14.4. The summed E-state index contributed by atoms with van der Waals surface area (Å²) in [7, 11) is -3.70. The molecule has 0 spiro atoms. The van der Waals surface area contributed by atoms with E-state index in [-0.39, 0.29) is 5.03 Å². The van der Waals surface area contributed by atoms with E-state index in [1.54, 1.807) is 12.1 Å². The number of nitrogens with one attached hydrogen (secondary N) is 2. The van der Waals surface area contributed by atoms with E-state index in [9.17, 15) is 8.42 Å². The van der Waals surface area contributed by atoms with Crippen LogP contribution in [0.15, 0.2) is 33.9 Å². The van der Waals surface area contributed by atoms with Crippen molar-refractivity contribution in [1.29, 1.82) is 0 Å². The van der Waals surface area contributed by atoms with Crippen molar-refractivity contribution in [2.45, 2.75) is 18.4 Å². The highest BCUT2D eigenvalue weighted by Crippen LogP contribution is 2.27. The number of hydrogen-bond acceptors (Lipinski definition) is 3. The van der Waals surface area contributed by atoms with Gasteiger partial charge in [-0.1, -0.05) is 18.5 Å². The normalized spacial score (nSPS) is 11.5. The van der Waals surface area contributed by atoms with Gasteiger partial charge in [0.05, 0.1) is 11.9 Å². The first-order valence-electron chi connectivity index (χ1n) is 5.44. The van der Waals surface area contributed by atoms with Gasteiger partial charge >= 0.3 is 0 Å². The number of hydrogen-bond donors (Lipinski definition) is 2. The van der Waals surface area contributed by atoms with Crippen LogP contribution in [-0.4, -0.2) is 18.4 Å². The van der Waals surface area contributed by atoms with E-state index < -0.39 is 10.0 Å². The van der Waals surface area contributed by atoms with Gasteiger partial charge in [0.1, 0.15) is 5.82 Å². The number of nitrogens with zero attached hydrogens (tertiary/aromatic N) is 1. The third-order valence-electron chi connectivity index (χ3n) is 2.40. The molecular weight excluding hydrogens is 354 g/mol. The fourth-order valence-electron chi connectivity index (χ4n) is 1.43. The molecule has 0 aliphatic rings. The number of aromatic amines is 1. The van der Waals surface area contributed by atoms with E-state index in [1.165, 1.54) is 12.3 Å². The van der Waals surface area contributed by atoms with Gasteiger partial charge in [-0.25, -0.2) is 4.98 Å². The third-order valence-corrected chi connectivity index (χ3v) is 4.60. The Labute approximate surface area is 124 Å². The molecule has 2 N–H and O–H groups in total. The van der Waals surface area contributed by atoms with Crippen LogP contribution in [0.1, 0.15) is 12.7 Å². The molecule has 0 bridgehead atoms. The quantitative estimate of drug-likeness (QED) is 0.875. The van der Waals surface area contributed by atoms with Crippen molar-refractivity contribution in [3.05, 3.63) is 39.7 Å². The van der Waals surface area contributed by atoms with Crippen LogP contribution in [0, 0.1) is 0 Å². The topological polar surface area (TPSA) is 74.8 Å². The van der Waals surface area contributed by atoms with Crippen LogP contribution in [0.5, 0.6) is 0 Å². The SMILES string of the molecule is CCc1ncc(S(=O)(=O)Nc2cc(Cl)ccc2Br)[nH]1. The highest BCUT2D eigenvalue weighted by molar-refractivity contribution is 9.10. The second-order valence-corrected chi connectivity index (χ2v) is 6.72. The number of aromatic nitrogens is 2. The zero-order valence-corrected chi connectivity index (χ0v) is 13.1. The number of aryl methyl sites for hydroxylation is 1. The van der Waals surface area contributed by atoms with Crippen LogP contribution in [0.4, 0.5) is 5.69 Å². The van der Waals surface area contributed by atoms with Gasteiger partial charge in [0.2, 0.25) is 0 Å². The molecule has 102 valence electrons. The predicted molar refractivity (Wildman–Crippen MR) is 77.9 cm³/mol. The minimum atomic E-state index is -3.70. The number of halogens is 2. The summed E-state index contributed by atoms with van der Waals surface area (Å²) in [6.45, 7) is 1.89. The molecule has 2 rings (SSSR count). The van der Waals surface area contributed by atoms with Crippen molar-refractivity contribution >= 4 is 43.2 Å². The molecule has 0 aliphatic carbocycles. The van der Waals surface area contributed by atoms with Gasteiger partial charge in [0.15, 0.2) is 5.03 Å². The van der Waals surface area contributed by atoms with Gasteiger partial charge < -0.3 is 4.98 Å². The monoisotopic (exact) mass is 363 g/mol. The third kappa shape index (κ3) is 3.29.